The summed E-state index contributed by atoms with van der Waals surface area (Å²) in [5.74, 6) is 2.01. The molecule has 0 bridgehead atoms. The molecule has 1 unspecified atom stereocenters. The van der Waals surface area contributed by atoms with Crippen LogP contribution < -0.4 is 0 Å². The number of amides is 1. The van der Waals surface area contributed by atoms with Crippen molar-refractivity contribution in [1.29, 1.82) is 0 Å². The highest BCUT2D eigenvalue weighted by atomic mass is 16.2. The molecule has 1 aromatic heterocycles. The Morgan fingerprint density at radius 1 is 1.12 bits per heavy atom. The summed E-state index contributed by atoms with van der Waals surface area (Å²) in [6.07, 6.45) is 2.54. The number of rotatable bonds is 4. The number of hydrogen-bond acceptors (Lipinski definition) is 2. The summed E-state index contributed by atoms with van der Waals surface area (Å²) in [4.78, 5) is 22.9. The molecule has 2 aromatic carbocycles. The van der Waals surface area contributed by atoms with Crippen LogP contribution in [0.1, 0.15) is 49.4 Å². The number of aromatic amines is 1. The molecule has 0 aliphatic carbocycles. The highest BCUT2D eigenvalue weighted by molar-refractivity contribution is 5.77. The van der Waals surface area contributed by atoms with Gasteiger partial charge in [0, 0.05) is 25.4 Å². The summed E-state index contributed by atoms with van der Waals surface area (Å²) in [7, 11) is 0. The van der Waals surface area contributed by atoms with Crippen LogP contribution in [0.3, 0.4) is 0 Å². The Balaban J connectivity index is 1.35. The van der Waals surface area contributed by atoms with E-state index in [0.717, 1.165) is 42.8 Å². The lowest BCUT2D eigenvalue weighted by Gasteiger charge is -2.32. The third kappa shape index (κ3) is 3.50. The SMILES string of the molecule is CC(CC(=O)N1CCC(c2nc3ccccc3[nH]2)CC1)c1ccccc1. The van der Waals surface area contributed by atoms with Crippen LogP contribution in [0.15, 0.2) is 54.6 Å². The van der Waals surface area contributed by atoms with Crippen LogP contribution in [0.4, 0.5) is 0 Å². The predicted molar refractivity (Wildman–Crippen MR) is 104 cm³/mol. The number of fused-ring (bicyclic) bond motifs is 1. The van der Waals surface area contributed by atoms with Crippen LogP contribution in [-0.4, -0.2) is 33.9 Å². The van der Waals surface area contributed by atoms with Gasteiger partial charge >= 0.3 is 0 Å². The van der Waals surface area contributed by atoms with Gasteiger partial charge < -0.3 is 9.88 Å². The summed E-state index contributed by atoms with van der Waals surface area (Å²) < 4.78 is 0. The van der Waals surface area contributed by atoms with Gasteiger partial charge in [-0.3, -0.25) is 4.79 Å². The topological polar surface area (TPSA) is 49.0 Å². The lowest BCUT2D eigenvalue weighted by atomic mass is 9.94. The first-order chi connectivity index (χ1) is 12.7. The zero-order chi connectivity index (χ0) is 17.9. The molecule has 134 valence electrons. The fourth-order valence-electron chi connectivity index (χ4n) is 3.86. The number of H-pyrrole nitrogens is 1. The molecule has 2 heterocycles. The van der Waals surface area contributed by atoms with Gasteiger partial charge in [0.2, 0.25) is 5.91 Å². The van der Waals surface area contributed by atoms with Crippen molar-refractivity contribution < 1.29 is 4.79 Å². The first kappa shape index (κ1) is 16.8. The van der Waals surface area contributed by atoms with E-state index >= 15 is 0 Å². The molecular weight excluding hydrogens is 322 g/mol. The van der Waals surface area contributed by atoms with E-state index in [1.807, 2.05) is 41.3 Å². The van der Waals surface area contributed by atoms with E-state index in [9.17, 15) is 4.79 Å². The molecule has 1 aliphatic rings. The van der Waals surface area contributed by atoms with Crippen molar-refractivity contribution in [1.82, 2.24) is 14.9 Å². The summed E-state index contributed by atoms with van der Waals surface area (Å²) in [5, 5.41) is 0. The van der Waals surface area contributed by atoms with Crippen LogP contribution >= 0.6 is 0 Å². The van der Waals surface area contributed by atoms with E-state index in [0.29, 0.717) is 12.3 Å². The van der Waals surface area contributed by atoms with Crippen LogP contribution in [0.25, 0.3) is 11.0 Å². The molecule has 1 fully saturated rings. The molecule has 1 amide bonds. The van der Waals surface area contributed by atoms with E-state index in [4.69, 9.17) is 4.98 Å². The molecule has 0 saturated carbocycles. The van der Waals surface area contributed by atoms with Gasteiger partial charge in [0.05, 0.1) is 11.0 Å². The molecule has 0 radical (unpaired) electrons. The molecule has 4 nitrogen and oxygen atoms in total. The predicted octanol–water partition coefficient (Wildman–Crippen LogP) is 4.46. The van der Waals surface area contributed by atoms with Gasteiger partial charge in [-0.1, -0.05) is 49.4 Å². The van der Waals surface area contributed by atoms with E-state index in [1.165, 1.54) is 5.56 Å². The average molecular weight is 347 g/mol. The fraction of sp³-hybridized carbons (Fsp3) is 0.364. The first-order valence-corrected chi connectivity index (χ1v) is 9.48. The molecule has 1 N–H and O–H groups in total. The summed E-state index contributed by atoms with van der Waals surface area (Å²) in [5.41, 5.74) is 3.35. The van der Waals surface area contributed by atoms with Crippen LogP contribution in [0.5, 0.6) is 0 Å². The second kappa shape index (κ2) is 7.32. The maximum atomic E-state index is 12.7. The number of aromatic nitrogens is 2. The molecular formula is C22H25N3O. The number of nitrogens with one attached hydrogen (secondary N) is 1. The summed E-state index contributed by atoms with van der Waals surface area (Å²) in [6, 6.07) is 18.4. The second-order valence-electron chi connectivity index (χ2n) is 7.31. The molecule has 1 aliphatic heterocycles. The number of piperidine rings is 1. The number of carbonyl (C=O) groups excluding carboxylic acids is 1. The number of para-hydroxylation sites is 2. The van der Waals surface area contributed by atoms with Crippen molar-refractivity contribution in [3.8, 4) is 0 Å². The van der Waals surface area contributed by atoms with E-state index in [2.05, 4.69) is 30.1 Å². The van der Waals surface area contributed by atoms with Crippen molar-refractivity contribution in [2.75, 3.05) is 13.1 Å². The maximum absolute atomic E-state index is 12.7. The molecule has 4 heteroatoms. The van der Waals surface area contributed by atoms with Gasteiger partial charge in [0.1, 0.15) is 5.82 Å². The number of imidazole rings is 1. The van der Waals surface area contributed by atoms with Gasteiger partial charge in [0.15, 0.2) is 0 Å². The van der Waals surface area contributed by atoms with Gasteiger partial charge in [-0.05, 0) is 36.5 Å². The van der Waals surface area contributed by atoms with Crippen molar-refractivity contribution >= 4 is 16.9 Å². The van der Waals surface area contributed by atoms with Gasteiger partial charge in [-0.15, -0.1) is 0 Å². The quantitative estimate of drug-likeness (QED) is 0.757. The number of likely N-dealkylation sites (tertiary alicyclic amines) is 1. The van der Waals surface area contributed by atoms with Gasteiger partial charge in [-0.25, -0.2) is 4.98 Å². The normalized spacial score (nSPS) is 16.7. The highest BCUT2D eigenvalue weighted by Gasteiger charge is 2.26. The van der Waals surface area contributed by atoms with Gasteiger partial charge in [-0.2, -0.15) is 0 Å². The molecule has 3 aromatic rings. The Bertz CT molecular complexity index is 846. The summed E-state index contributed by atoms with van der Waals surface area (Å²) >= 11 is 0. The van der Waals surface area contributed by atoms with Gasteiger partial charge in [0.25, 0.3) is 0 Å². The lowest BCUT2D eigenvalue weighted by Crippen LogP contribution is -2.38. The van der Waals surface area contributed by atoms with Crippen molar-refractivity contribution in [2.24, 2.45) is 0 Å². The Hall–Kier alpha value is -2.62. The standard InChI is InChI=1S/C22H25N3O/c1-16(17-7-3-2-4-8-17)15-21(26)25-13-11-18(12-14-25)22-23-19-9-5-6-10-20(19)24-22/h2-10,16,18H,11-15H2,1H3,(H,23,24). The molecule has 4 rings (SSSR count). The monoisotopic (exact) mass is 347 g/mol. The summed E-state index contributed by atoms with van der Waals surface area (Å²) in [6.45, 7) is 3.78. The molecule has 1 saturated heterocycles. The molecule has 26 heavy (non-hydrogen) atoms. The third-order valence-electron chi connectivity index (χ3n) is 5.49. The second-order valence-corrected chi connectivity index (χ2v) is 7.31. The maximum Gasteiger partial charge on any atom is 0.223 e. The Morgan fingerprint density at radius 2 is 1.81 bits per heavy atom. The minimum Gasteiger partial charge on any atom is -0.343 e. The zero-order valence-electron chi connectivity index (χ0n) is 15.2. The molecule has 0 spiro atoms. The minimum atomic E-state index is 0.261. The fourth-order valence-corrected chi connectivity index (χ4v) is 3.86. The van der Waals surface area contributed by atoms with E-state index in [1.54, 1.807) is 0 Å². The number of hydrogen-bond donors (Lipinski definition) is 1. The van der Waals surface area contributed by atoms with E-state index in [-0.39, 0.29) is 11.8 Å². The largest absolute Gasteiger partial charge is 0.343 e. The van der Waals surface area contributed by atoms with Crippen LogP contribution in [0.2, 0.25) is 0 Å². The number of benzene rings is 2. The third-order valence-corrected chi connectivity index (χ3v) is 5.49. The highest BCUT2D eigenvalue weighted by Crippen LogP contribution is 2.29. The Kier molecular flexibility index (Phi) is 4.74. The smallest absolute Gasteiger partial charge is 0.223 e. The van der Waals surface area contributed by atoms with Crippen molar-refractivity contribution in [2.45, 2.75) is 38.0 Å². The minimum absolute atomic E-state index is 0.261. The lowest BCUT2D eigenvalue weighted by molar-refractivity contribution is -0.132. The first-order valence-electron chi connectivity index (χ1n) is 9.48. The van der Waals surface area contributed by atoms with Crippen molar-refractivity contribution in [3.63, 3.8) is 0 Å². The average Bonchev–Trinajstić information content (AvgIpc) is 3.13. The van der Waals surface area contributed by atoms with Crippen molar-refractivity contribution in [3.05, 3.63) is 66.0 Å². The van der Waals surface area contributed by atoms with Crippen LogP contribution in [0, 0.1) is 0 Å². The number of nitrogens with zero attached hydrogens (tertiary/aromatic N) is 2. The zero-order valence-corrected chi connectivity index (χ0v) is 15.2. The van der Waals surface area contributed by atoms with Crippen LogP contribution in [-0.2, 0) is 4.79 Å². The Morgan fingerprint density at radius 3 is 2.54 bits per heavy atom. The molecule has 1 atom stereocenters. The number of carbonyl (C=O) groups is 1. The van der Waals surface area contributed by atoms with E-state index < -0.39 is 0 Å². The Labute approximate surface area is 154 Å².